The van der Waals surface area contributed by atoms with E-state index in [9.17, 15) is 9.59 Å². The van der Waals surface area contributed by atoms with Gasteiger partial charge in [-0.15, -0.1) is 0 Å². The molecule has 1 aliphatic rings. The lowest BCUT2D eigenvalue weighted by atomic mass is 10.2. The van der Waals surface area contributed by atoms with E-state index in [4.69, 9.17) is 16.7 Å². The minimum Gasteiger partial charge on any atom is -0.395 e. The van der Waals surface area contributed by atoms with E-state index in [1.165, 1.54) is 0 Å². The molecule has 6 nitrogen and oxygen atoms in total. The quantitative estimate of drug-likeness (QED) is 0.860. The molecule has 0 aromatic heterocycles. The predicted molar refractivity (Wildman–Crippen MR) is 89.7 cm³/mol. The molecule has 1 saturated heterocycles. The van der Waals surface area contributed by atoms with Crippen LogP contribution < -0.4 is 10.2 Å². The Morgan fingerprint density at radius 1 is 1.43 bits per heavy atom. The van der Waals surface area contributed by atoms with Crippen LogP contribution in [-0.2, 0) is 4.79 Å². The van der Waals surface area contributed by atoms with E-state index in [1.807, 2.05) is 13.8 Å². The second-order valence-electron chi connectivity index (χ2n) is 5.84. The van der Waals surface area contributed by atoms with E-state index in [2.05, 4.69) is 5.32 Å². The Hall–Kier alpha value is -1.79. The summed E-state index contributed by atoms with van der Waals surface area (Å²) in [7, 11) is 0. The summed E-state index contributed by atoms with van der Waals surface area (Å²) in [5, 5.41) is 12.5. The van der Waals surface area contributed by atoms with Crippen molar-refractivity contribution < 1.29 is 14.7 Å². The van der Waals surface area contributed by atoms with Gasteiger partial charge >= 0.3 is 6.03 Å². The number of carbonyl (C=O) groups excluding carboxylic acids is 2. The van der Waals surface area contributed by atoms with Gasteiger partial charge in [0.1, 0.15) is 0 Å². The third-order valence-corrected chi connectivity index (χ3v) is 4.07. The highest BCUT2D eigenvalue weighted by molar-refractivity contribution is 6.30. The van der Waals surface area contributed by atoms with Crippen LogP contribution in [0, 0.1) is 0 Å². The van der Waals surface area contributed by atoms with Crippen LogP contribution in [0.1, 0.15) is 20.3 Å². The molecule has 1 aromatic carbocycles. The zero-order valence-corrected chi connectivity index (χ0v) is 14.1. The summed E-state index contributed by atoms with van der Waals surface area (Å²) in [6, 6.07) is 6.52. The number of urea groups is 1. The number of hydrogen-bond donors (Lipinski definition) is 2. The van der Waals surface area contributed by atoms with Gasteiger partial charge in [-0.2, -0.15) is 0 Å². The van der Waals surface area contributed by atoms with Gasteiger partial charge < -0.3 is 20.2 Å². The van der Waals surface area contributed by atoms with Crippen LogP contribution in [0.5, 0.6) is 0 Å². The normalized spacial score (nSPS) is 17.7. The molecule has 0 bridgehead atoms. The average Bonchev–Trinajstić information content (AvgIpc) is 2.85. The van der Waals surface area contributed by atoms with E-state index in [0.717, 1.165) is 5.69 Å². The number of carbonyl (C=O) groups is 2. The summed E-state index contributed by atoms with van der Waals surface area (Å²) in [4.78, 5) is 27.6. The van der Waals surface area contributed by atoms with E-state index >= 15 is 0 Å². The highest BCUT2D eigenvalue weighted by Gasteiger charge is 2.32. The molecule has 0 saturated carbocycles. The molecule has 0 aliphatic carbocycles. The minimum absolute atomic E-state index is 0.0216. The minimum atomic E-state index is -0.259. The first-order valence-corrected chi connectivity index (χ1v) is 8.04. The van der Waals surface area contributed by atoms with Crippen molar-refractivity contribution in [1.82, 2.24) is 10.2 Å². The molecule has 126 valence electrons. The van der Waals surface area contributed by atoms with Crippen LogP contribution in [0.4, 0.5) is 10.5 Å². The zero-order chi connectivity index (χ0) is 17.0. The van der Waals surface area contributed by atoms with Crippen LogP contribution in [0.3, 0.4) is 0 Å². The number of rotatable bonds is 5. The van der Waals surface area contributed by atoms with Crippen molar-refractivity contribution >= 4 is 29.2 Å². The lowest BCUT2D eigenvalue weighted by Gasteiger charge is -2.27. The number of aliphatic hydroxyl groups is 1. The van der Waals surface area contributed by atoms with E-state index in [-0.39, 0.29) is 43.6 Å². The van der Waals surface area contributed by atoms with Gasteiger partial charge in [-0.25, -0.2) is 4.79 Å². The van der Waals surface area contributed by atoms with Crippen LogP contribution in [0.15, 0.2) is 24.3 Å². The smallest absolute Gasteiger partial charge is 0.318 e. The topological polar surface area (TPSA) is 72.9 Å². The molecule has 2 rings (SSSR count). The lowest BCUT2D eigenvalue weighted by Crippen LogP contribution is -2.49. The molecule has 1 aromatic rings. The average molecular weight is 340 g/mol. The van der Waals surface area contributed by atoms with E-state index in [0.29, 0.717) is 11.6 Å². The van der Waals surface area contributed by atoms with Gasteiger partial charge in [-0.1, -0.05) is 11.6 Å². The second-order valence-corrected chi connectivity index (χ2v) is 6.28. The van der Waals surface area contributed by atoms with Gasteiger partial charge in [0.05, 0.1) is 12.6 Å². The number of hydrogen-bond acceptors (Lipinski definition) is 3. The summed E-state index contributed by atoms with van der Waals surface area (Å²) < 4.78 is 0. The van der Waals surface area contributed by atoms with Gasteiger partial charge in [0.25, 0.3) is 0 Å². The Morgan fingerprint density at radius 2 is 2.09 bits per heavy atom. The fourth-order valence-corrected chi connectivity index (χ4v) is 2.76. The highest BCUT2D eigenvalue weighted by atomic mass is 35.5. The van der Waals surface area contributed by atoms with Crippen LogP contribution in [0.2, 0.25) is 5.02 Å². The van der Waals surface area contributed by atoms with Crippen molar-refractivity contribution in [2.24, 2.45) is 0 Å². The van der Waals surface area contributed by atoms with Crippen molar-refractivity contribution in [3.05, 3.63) is 29.3 Å². The maximum absolute atomic E-state index is 12.3. The van der Waals surface area contributed by atoms with Crippen LogP contribution >= 0.6 is 11.6 Å². The van der Waals surface area contributed by atoms with Crippen molar-refractivity contribution in [2.75, 3.05) is 24.6 Å². The first-order chi connectivity index (χ1) is 10.9. The summed E-state index contributed by atoms with van der Waals surface area (Å²) in [5.74, 6) is -0.0316. The largest absolute Gasteiger partial charge is 0.395 e. The Kier molecular flexibility index (Phi) is 5.85. The lowest BCUT2D eigenvalue weighted by molar-refractivity contribution is -0.117. The first kappa shape index (κ1) is 17.6. The fourth-order valence-electron chi connectivity index (χ4n) is 2.63. The second kappa shape index (κ2) is 7.66. The number of halogens is 1. The van der Waals surface area contributed by atoms with Crippen molar-refractivity contribution in [2.45, 2.75) is 32.4 Å². The Balaban J connectivity index is 1.99. The summed E-state index contributed by atoms with van der Waals surface area (Å²) >= 11 is 5.86. The molecule has 3 amide bonds. The molecule has 1 heterocycles. The first-order valence-electron chi connectivity index (χ1n) is 7.66. The van der Waals surface area contributed by atoms with Crippen LogP contribution in [-0.4, -0.2) is 53.7 Å². The molecule has 1 unspecified atom stereocenters. The molecule has 23 heavy (non-hydrogen) atoms. The van der Waals surface area contributed by atoms with E-state index < -0.39 is 0 Å². The number of anilines is 1. The van der Waals surface area contributed by atoms with Gasteiger partial charge in [-0.05, 0) is 38.1 Å². The van der Waals surface area contributed by atoms with Gasteiger partial charge in [-0.3, -0.25) is 4.79 Å². The predicted octanol–water partition coefficient (Wildman–Crippen LogP) is 1.86. The fraction of sp³-hybridized carbons (Fsp3) is 0.500. The third kappa shape index (κ3) is 4.36. The molecule has 1 fully saturated rings. The van der Waals surface area contributed by atoms with Gasteiger partial charge in [0.15, 0.2) is 0 Å². The van der Waals surface area contributed by atoms with Gasteiger partial charge in [0.2, 0.25) is 5.91 Å². The number of nitrogens with one attached hydrogen (secondary N) is 1. The summed E-state index contributed by atoms with van der Waals surface area (Å²) in [6.07, 6.45) is 0.263. The maximum atomic E-state index is 12.3. The number of amides is 3. The Bertz CT molecular complexity index is 562. The molecule has 1 aliphatic heterocycles. The molecule has 0 radical (unpaired) electrons. The molecule has 2 N–H and O–H groups in total. The SMILES string of the molecule is CC(C)N(CCO)C(=O)NC1CC(=O)N(c2ccc(Cl)cc2)C1. The van der Waals surface area contributed by atoms with Crippen molar-refractivity contribution in [3.8, 4) is 0 Å². The molecule has 7 heteroatoms. The van der Waals surface area contributed by atoms with Crippen molar-refractivity contribution in [3.63, 3.8) is 0 Å². The number of aliphatic hydroxyl groups excluding tert-OH is 1. The Labute approximate surface area is 141 Å². The summed E-state index contributed by atoms with van der Waals surface area (Å²) in [5.41, 5.74) is 0.771. The molecular formula is C16H22ClN3O3. The summed E-state index contributed by atoms with van der Waals surface area (Å²) in [6.45, 7) is 4.37. The molecule has 1 atom stereocenters. The van der Waals surface area contributed by atoms with Crippen LogP contribution in [0.25, 0.3) is 0 Å². The number of nitrogens with zero attached hydrogens (tertiary/aromatic N) is 2. The Morgan fingerprint density at radius 3 is 2.65 bits per heavy atom. The third-order valence-electron chi connectivity index (χ3n) is 3.82. The maximum Gasteiger partial charge on any atom is 0.318 e. The zero-order valence-electron chi connectivity index (χ0n) is 13.3. The molecular weight excluding hydrogens is 318 g/mol. The van der Waals surface area contributed by atoms with E-state index in [1.54, 1.807) is 34.1 Å². The van der Waals surface area contributed by atoms with Crippen molar-refractivity contribution in [1.29, 1.82) is 0 Å². The standard InChI is InChI=1S/C16H22ClN3O3/c1-11(2)19(7-8-21)16(23)18-13-9-15(22)20(10-13)14-5-3-12(17)4-6-14/h3-6,11,13,21H,7-10H2,1-2H3,(H,18,23). The molecule has 0 spiro atoms. The highest BCUT2D eigenvalue weighted by Crippen LogP contribution is 2.23. The number of benzene rings is 1. The van der Waals surface area contributed by atoms with Gasteiger partial charge in [0, 0.05) is 36.3 Å². The monoisotopic (exact) mass is 339 g/mol.